The van der Waals surface area contributed by atoms with Gasteiger partial charge in [0.25, 0.3) is 0 Å². The maximum atomic E-state index is 12.4. The number of fused-ring (bicyclic) bond motifs is 2. The first-order valence-electron chi connectivity index (χ1n) is 10.2. The maximum absolute atomic E-state index is 12.4. The Morgan fingerprint density at radius 2 is 2.16 bits per heavy atom. The average Bonchev–Trinajstić information content (AvgIpc) is 3.43. The summed E-state index contributed by atoms with van der Waals surface area (Å²) < 4.78 is 7.85. The molecule has 0 bridgehead atoms. The molecule has 3 heterocycles. The van der Waals surface area contributed by atoms with E-state index in [1.807, 2.05) is 38.2 Å². The fraction of sp³-hybridized carbons (Fsp3) is 0.261. The van der Waals surface area contributed by atoms with Crippen LogP contribution in [0.25, 0.3) is 22.0 Å². The van der Waals surface area contributed by atoms with Crippen LogP contribution in [-0.4, -0.2) is 38.3 Å². The highest BCUT2D eigenvalue weighted by molar-refractivity contribution is 6.31. The molecule has 1 unspecified atom stereocenters. The number of carbonyl (C=O) groups excluding carboxylic acids is 1. The zero-order valence-electron chi connectivity index (χ0n) is 17.3. The Morgan fingerprint density at radius 3 is 2.97 bits per heavy atom. The van der Waals surface area contributed by atoms with Gasteiger partial charge in [-0.05, 0) is 55.1 Å². The van der Waals surface area contributed by atoms with Gasteiger partial charge in [-0.15, -0.1) is 0 Å². The van der Waals surface area contributed by atoms with Crippen LogP contribution in [0, 0.1) is 13.8 Å². The molecule has 8 heteroatoms. The summed E-state index contributed by atoms with van der Waals surface area (Å²) in [6, 6.07) is 12.2. The van der Waals surface area contributed by atoms with Crippen LogP contribution in [0.1, 0.15) is 17.2 Å². The number of rotatable bonds is 5. The van der Waals surface area contributed by atoms with Crippen LogP contribution >= 0.6 is 11.6 Å². The minimum absolute atomic E-state index is 0.122. The maximum Gasteiger partial charge on any atom is 0.241 e. The van der Waals surface area contributed by atoms with Crippen molar-refractivity contribution in [1.29, 1.82) is 0 Å². The van der Waals surface area contributed by atoms with Crippen molar-refractivity contribution in [2.75, 3.05) is 6.54 Å². The zero-order valence-corrected chi connectivity index (χ0v) is 18.0. The highest BCUT2D eigenvalue weighted by Gasteiger charge is 2.27. The number of aromatic nitrogens is 4. The number of amides is 1. The average molecular weight is 436 g/mol. The second kappa shape index (κ2) is 7.74. The van der Waals surface area contributed by atoms with Crippen molar-refractivity contribution in [3.8, 4) is 16.9 Å². The quantitative estimate of drug-likeness (QED) is 0.499. The van der Waals surface area contributed by atoms with E-state index in [4.69, 9.17) is 16.3 Å². The van der Waals surface area contributed by atoms with Gasteiger partial charge in [-0.3, -0.25) is 4.79 Å². The van der Waals surface area contributed by atoms with Gasteiger partial charge in [0, 0.05) is 34.3 Å². The fourth-order valence-electron chi connectivity index (χ4n) is 4.07. The molecule has 0 radical (unpaired) electrons. The number of carbonyl (C=O) groups is 1. The molecule has 158 valence electrons. The smallest absolute Gasteiger partial charge is 0.241 e. The predicted molar refractivity (Wildman–Crippen MR) is 119 cm³/mol. The van der Waals surface area contributed by atoms with Gasteiger partial charge in [-0.1, -0.05) is 17.7 Å². The lowest BCUT2D eigenvalue weighted by Crippen LogP contribution is -2.36. The molecule has 1 atom stereocenters. The molecular formula is C23H22ClN5O2. The lowest BCUT2D eigenvalue weighted by Gasteiger charge is -2.14. The van der Waals surface area contributed by atoms with E-state index in [9.17, 15) is 4.79 Å². The van der Waals surface area contributed by atoms with Crippen LogP contribution in [0.2, 0.25) is 5.02 Å². The van der Waals surface area contributed by atoms with Crippen molar-refractivity contribution in [3.63, 3.8) is 0 Å². The van der Waals surface area contributed by atoms with Gasteiger partial charge in [-0.2, -0.15) is 5.10 Å². The summed E-state index contributed by atoms with van der Waals surface area (Å²) in [6.07, 6.45) is 2.47. The number of H-pyrrole nitrogens is 1. The molecule has 0 aliphatic carbocycles. The van der Waals surface area contributed by atoms with Crippen molar-refractivity contribution < 1.29 is 9.53 Å². The molecule has 0 saturated heterocycles. The number of aryl methyl sites for hydroxylation is 2. The van der Waals surface area contributed by atoms with E-state index in [1.165, 1.54) is 0 Å². The first-order valence-corrected chi connectivity index (χ1v) is 10.6. The van der Waals surface area contributed by atoms with E-state index in [0.29, 0.717) is 23.8 Å². The first kappa shape index (κ1) is 19.6. The highest BCUT2D eigenvalue weighted by Crippen LogP contribution is 2.41. The summed E-state index contributed by atoms with van der Waals surface area (Å²) in [4.78, 5) is 19.8. The summed E-state index contributed by atoms with van der Waals surface area (Å²) in [5.74, 6) is 2.09. The largest absolute Gasteiger partial charge is 0.487 e. The molecule has 2 aromatic heterocycles. The Kier molecular flexibility index (Phi) is 4.90. The molecule has 7 nitrogen and oxygen atoms in total. The van der Waals surface area contributed by atoms with E-state index >= 15 is 0 Å². The summed E-state index contributed by atoms with van der Waals surface area (Å²) >= 11 is 6.41. The molecule has 1 aliphatic rings. The van der Waals surface area contributed by atoms with E-state index < -0.39 is 0 Å². The number of ether oxygens (including phenoxy) is 1. The number of nitrogens with zero attached hydrogens (tertiary/aromatic N) is 3. The molecule has 0 saturated carbocycles. The Labute approximate surface area is 184 Å². The third-order valence-corrected chi connectivity index (χ3v) is 5.73. The topological polar surface area (TPSA) is 84.8 Å². The number of hydrogen-bond donors (Lipinski definition) is 2. The van der Waals surface area contributed by atoms with Gasteiger partial charge >= 0.3 is 0 Å². The molecule has 0 fully saturated rings. The second-order valence-corrected chi connectivity index (χ2v) is 8.27. The number of aromatic amines is 1. The van der Waals surface area contributed by atoms with Gasteiger partial charge in [0.2, 0.25) is 5.91 Å². The highest BCUT2D eigenvalue weighted by atomic mass is 35.5. The minimum atomic E-state index is -0.147. The Bertz CT molecular complexity index is 1290. The summed E-state index contributed by atoms with van der Waals surface area (Å²) in [5.41, 5.74) is 4.15. The zero-order chi connectivity index (χ0) is 21.5. The van der Waals surface area contributed by atoms with Gasteiger partial charge in [-0.25, -0.2) is 9.67 Å². The Morgan fingerprint density at radius 1 is 1.29 bits per heavy atom. The first-order chi connectivity index (χ1) is 15.0. The summed E-state index contributed by atoms with van der Waals surface area (Å²) in [7, 11) is 0. The van der Waals surface area contributed by atoms with Crippen LogP contribution in [0.3, 0.4) is 0 Å². The molecular weight excluding hydrogens is 414 g/mol. The van der Waals surface area contributed by atoms with Gasteiger partial charge in [0.05, 0.1) is 6.54 Å². The van der Waals surface area contributed by atoms with Crippen LogP contribution in [-0.2, 0) is 17.8 Å². The standard InChI is InChI=1S/C23H22ClN5O2/c1-13-27-14(2)29(28-13)12-22(30)26-11-19-9-17-8-18(24)10-20(23(17)31-19)15-3-4-21-16(7-15)5-6-25-21/h3-8,10,19,25H,9,11-12H2,1-2H3,(H,26,30). The second-order valence-electron chi connectivity index (χ2n) is 7.83. The van der Waals surface area contributed by atoms with Crippen molar-refractivity contribution in [2.45, 2.75) is 32.9 Å². The molecule has 0 spiro atoms. The molecule has 2 N–H and O–H groups in total. The van der Waals surface area contributed by atoms with Crippen molar-refractivity contribution in [3.05, 3.63) is 64.8 Å². The summed E-state index contributed by atoms with van der Waals surface area (Å²) in [5, 5.41) is 8.99. The van der Waals surface area contributed by atoms with E-state index in [2.05, 4.69) is 38.6 Å². The number of benzene rings is 2. The third-order valence-electron chi connectivity index (χ3n) is 5.51. The van der Waals surface area contributed by atoms with Gasteiger partial charge < -0.3 is 15.0 Å². The molecule has 1 amide bonds. The van der Waals surface area contributed by atoms with Gasteiger partial charge in [0.15, 0.2) is 0 Å². The normalized spacial score (nSPS) is 15.1. The molecule has 4 aromatic rings. The summed E-state index contributed by atoms with van der Waals surface area (Å²) in [6.45, 7) is 4.19. The third kappa shape index (κ3) is 3.88. The van der Waals surface area contributed by atoms with Crippen molar-refractivity contribution in [1.82, 2.24) is 25.1 Å². The van der Waals surface area contributed by atoms with Crippen molar-refractivity contribution in [2.24, 2.45) is 0 Å². The Hall–Kier alpha value is -3.32. The van der Waals surface area contributed by atoms with Crippen LogP contribution in [0.15, 0.2) is 42.6 Å². The van der Waals surface area contributed by atoms with Crippen LogP contribution < -0.4 is 10.1 Å². The van der Waals surface area contributed by atoms with Crippen molar-refractivity contribution >= 4 is 28.4 Å². The van der Waals surface area contributed by atoms with E-state index in [-0.39, 0.29) is 18.6 Å². The number of hydrogen-bond acceptors (Lipinski definition) is 4. The predicted octanol–water partition coefficient (Wildman–Crippen LogP) is 3.82. The van der Waals surface area contributed by atoms with E-state index in [1.54, 1.807) is 4.68 Å². The SMILES string of the molecule is Cc1nc(C)n(CC(=O)NCC2Cc3cc(Cl)cc(-c4ccc5[nH]ccc5c4)c3O2)n1. The minimum Gasteiger partial charge on any atom is -0.487 e. The number of nitrogens with one attached hydrogen (secondary N) is 2. The molecule has 1 aliphatic heterocycles. The molecule has 31 heavy (non-hydrogen) atoms. The molecule has 5 rings (SSSR count). The molecule has 2 aromatic carbocycles. The van der Waals surface area contributed by atoms with Crippen LogP contribution in [0.5, 0.6) is 5.75 Å². The number of halogens is 1. The van der Waals surface area contributed by atoms with E-state index in [0.717, 1.165) is 39.2 Å². The lowest BCUT2D eigenvalue weighted by atomic mass is 9.99. The van der Waals surface area contributed by atoms with Crippen LogP contribution in [0.4, 0.5) is 0 Å². The monoisotopic (exact) mass is 435 g/mol. The fourth-order valence-corrected chi connectivity index (χ4v) is 4.32. The van der Waals surface area contributed by atoms with Gasteiger partial charge in [0.1, 0.15) is 30.0 Å². The lowest BCUT2D eigenvalue weighted by molar-refractivity contribution is -0.122. The Balaban J connectivity index is 1.30.